The van der Waals surface area contributed by atoms with E-state index in [1.165, 1.54) is 5.56 Å². The minimum absolute atomic E-state index is 0.442. The first kappa shape index (κ1) is 9.54. The van der Waals surface area contributed by atoms with Crippen molar-refractivity contribution < 1.29 is 0 Å². The smallest absolute Gasteiger partial charge is 0.0991 e. The van der Waals surface area contributed by atoms with Gasteiger partial charge in [-0.3, -0.25) is 0 Å². The Morgan fingerprint density at radius 2 is 2.08 bits per heavy atom. The highest BCUT2D eigenvalue weighted by Crippen LogP contribution is 2.20. The van der Waals surface area contributed by atoms with Crippen molar-refractivity contribution in [2.75, 3.05) is 0 Å². The Morgan fingerprint density at radius 1 is 1.38 bits per heavy atom. The molecule has 65 valence electrons. The van der Waals surface area contributed by atoms with E-state index in [1.807, 2.05) is 18.2 Å². The molecule has 1 radical (unpaired) electrons. The van der Waals surface area contributed by atoms with Crippen LogP contribution in [0.4, 0.5) is 0 Å². The molecular weight excluding hydrogens is 158 g/mol. The van der Waals surface area contributed by atoms with Gasteiger partial charge in [-0.1, -0.05) is 26.5 Å². The lowest BCUT2D eigenvalue weighted by Gasteiger charge is -2.08. The van der Waals surface area contributed by atoms with Crippen molar-refractivity contribution in [1.29, 1.82) is 5.26 Å². The zero-order valence-electron chi connectivity index (χ0n) is 7.96. The molecule has 0 saturated heterocycles. The highest BCUT2D eigenvalue weighted by molar-refractivity contribution is 5.42. The van der Waals surface area contributed by atoms with E-state index in [2.05, 4.69) is 32.6 Å². The number of rotatable bonds is 2. The zero-order chi connectivity index (χ0) is 9.84. The molecule has 13 heavy (non-hydrogen) atoms. The Hall–Kier alpha value is -1.55. The van der Waals surface area contributed by atoms with E-state index in [4.69, 9.17) is 5.26 Å². The van der Waals surface area contributed by atoms with Gasteiger partial charge in [0.2, 0.25) is 0 Å². The van der Waals surface area contributed by atoms with Gasteiger partial charge in [-0.2, -0.15) is 5.26 Å². The summed E-state index contributed by atoms with van der Waals surface area (Å²) < 4.78 is 0. The number of nitriles is 1. The minimum Gasteiger partial charge on any atom is -0.192 e. The molecule has 0 amide bonds. The molecule has 0 aromatic heterocycles. The van der Waals surface area contributed by atoms with Gasteiger partial charge >= 0.3 is 0 Å². The number of benzene rings is 1. The van der Waals surface area contributed by atoms with E-state index in [-0.39, 0.29) is 0 Å². The lowest BCUT2D eigenvalue weighted by atomic mass is 9.95. The van der Waals surface area contributed by atoms with Crippen molar-refractivity contribution in [2.24, 2.45) is 0 Å². The number of nitrogens with zero attached hydrogens (tertiary/aromatic N) is 1. The average molecular weight is 170 g/mol. The number of hydrogen-bond acceptors (Lipinski definition) is 1. The fraction of sp³-hybridized carbons (Fsp3) is 0.250. The lowest BCUT2D eigenvalue weighted by molar-refractivity contribution is 0.860. The van der Waals surface area contributed by atoms with Crippen LogP contribution in [0.25, 0.3) is 0 Å². The molecule has 0 spiro atoms. The van der Waals surface area contributed by atoms with Crippen molar-refractivity contribution in [1.82, 2.24) is 0 Å². The quantitative estimate of drug-likeness (QED) is 0.669. The topological polar surface area (TPSA) is 23.8 Å². The van der Waals surface area contributed by atoms with Crippen molar-refractivity contribution in [3.8, 4) is 6.07 Å². The molecule has 0 aliphatic carbocycles. The van der Waals surface area contributed by atoms with E-state index >= 15 is 0 Å². The van der Waals surface area contributed by atoms with E-state index in [9.17, 15) is 0 Å². The molecule has 1 nitrogen and oxygen atoms in total. The summed E-state index contributed by atoms with van der Waals surface area (Å²) in [7, 11) is 0. The monoisotopic (exact) mass is 170 g/mol. The normalized spacial score (nSPS) is 9.69. The molecule has 0 N–H and O–H groups in total. The Kier molecular flexibility index (Phi) is 2.87. The van der Waals surface area contributed by atoms with Crippen LogP contribution in [0.3, 0.4) is 0 Å². The van der Waals surface area contributed by atoms with Crippen LogP contribution in [0.2, 0.25) is 0 Å². The summed E-state index contributed by atoms with van der Waals surface area (Å²) in [6.45, 7) is 7.84. The summed E-state index contributed by atoms with van der Waals surface area (Å²) in [5.41, 5.74) is 2.79. The maximum absolute atomic E-state index is 8.69. The molecule has 1 heteroatoms. The fourth-order valence-electron chi connectivity index (χ4n) is 1.28. The third kappa shape index (κ3) is 1.97. The van der Waals surface area contributed by atoms with Crippen LogP contribution in [-0.4, -0.2) is 0 Å². The predicted molar refractivity (Wildman–Crippen MR) is 53.2 cm³/mol. The van der Waals surface area contributed by atoms with Crippen molar-refractivity contribution in [3.05, 3.63) is 47.5 Å². The van der Waals surface area contributed by atoms with E-state index in [0.717, 1.165) is 5.56 Å². The second-order valence-electron chi connectivity index (χ2n) is 3.25. The number of hydrogen-bond donors (Lipinski definition) is 0. The van der Waals surface area contributed by atoms with Crippen LogP contribution in [0.1, 0.15) is 36.5 Å². The first-order valence-corrected chi connectivity index (χ1v) is 4.26. The third-order valence-electron chi connectivity index (χ3n) is 1.99. The van der Waals surface area contributed by atoms with Gasteiger partial charge < -0.3 is 0 Å². The highest BCUT2D eigenvalue weighted by Gasteiger charge is 2.04. The standard InChI is InChI=1S/C12H12N/c1-4-11-7-10(8-13)5-6-12(11)9(2)3/h5-7,9H,1H2,2-3H3. The molecule has 0 heterocycles. The molecule has 1 aromatic carbocycles. The van der Waals surface area contributed by atoms with E-state index in [0.29, 0.717) is 11.5 Å². The van der Waals surface area contributed by atoms with Crippen LogP contribution < -0.4 is 0 Å². The van der Waals surface area contributed by atoms with Crippen LogP contribution in [-0.2, 0) is 0 Å². The summed E-state index contributed by atoms with van der Waals surface area (Å²) >= 11 is 0. The second kappa shape index (κ2) is 3.91. The van der Waals surface area contributed by atoms with E-state index in [1.54, 1.807) is 0 Å². The molecular formula is C12H12N. The highest BCUT2D eigenvalue weighted by atomic mass is 14.2. The zero-order valence-corrected chi connectivity index (χ0v) is 7.96. The second-order valence-corrected chi connectivity index (χ2v) is 3.25. The molecule has 1 rings (SSSR count). The Morgan fingerprint density at radius 3 is 2.54 bits per heavy atom. The summed E-state index contributed by atoms with van der Waals surface area (Å²) in [4.78, 5) is 0. The molecule has 1 aromatic rings. The Labute approximate surface area is 79.3 Å². The summed E-state index contributed by atoms with van der Waals surface area (Å²) in [6, 6.07) is 7.72. The largest absolute Gasteiger partial charge is 0.192 e. The SMILES string of the molecule is C=[C]c1cc(C#N)ccc1C(C)C. The summed E-state index contributed by atoms with van der Waals surface area (Å²) in [5, 5.41) is 8.69. The first-order chi connectivity index (χ1) is 6.19. The van der Waals surface area contributed by atoms with Gasteiger partial charge in [0.05, 0.1) is 11.6 Å². The molecule has 0 fully saturated rings. The van der Waals surface area contributed by atoms with Gasteiger partial charge in [0.25, 0.3) is 0 Å². The molecule has 0 atom stereocenters. The van der Waals surface area contributed by atoms with Gasteiger partial charge in [0, 0.05) is 0 Å². The van der Waals surface area contributed by atoms with Crippen molar-refractivity contribution in [2.45, 2.75) is 19.8 Å². The van der Waals surface area contributed by atoms with Crippen molar-refractivity contribution >= 4 is 0 Å². The van der Waals surface area contributed by atoms with Gasteiger partial charge in [0.15, 0.2) is 0 Å². The summed E-state index contributed by atoms with van der Waals surface area (Å²) in [6.07, 6.45) is 2.85. The van der Waals surface area contributed by atoms with E-state index < -0.39 is 0 Å². The fourth-order valence-corrected chi connectivity index (χ4v) is 1.28. The van der Waals surface area contributed by atoms with Crippen LogP contribution in [0, 0.1) is 17.4 Å². The van der Waals surface area contributed by atoms with Crippen LogP contribution in [0.15, 0.2) is 24.8 Å². The third-order valence-corrected chi connectivity index (χ3v) is 1.99. The van der Waals surface area contributed by atoms with Crippen LogP contribution in [0.5, 0.6) is 0 Å². The van der Waals surface area contributed by atoms with Crippen molar-refractivity contribution in [3.63, 3.8) is 0 Å². The average Bonchev–Trinajstić information content (AvgIpc) is 2.16. The molecule has 0 aliphatic rings. The lowest BCUT2D eigenvalue weighted by Crippen LogP contribution is -1.93. The molecule has 0 unspecified atom stereocenters. The molecule has 0 bridgehead atoms. The van der Waals surface area contributed by atoms with Gasteiger partial charge in [-0.25, -0.2) is 0 Å². The maximum Gasteiger partial charge on any atom is 0.0991 e. The molecule has 0 aliphatic heterocycles. The predicted octanol–water partition coefficient (Wildman–Crippen LogP) is 3.02. The van der Waals surface area contributed by atoms with Gasteiger partial charge in [-0.05, 0) is 35.3 Å². The summed E-state index contributed by atoms with van der Waals surface area (Å²) in [5.74, 6) is 0.442. The van der Waals surface area contributed by atoms with Crippen LogP contribution >= 0.6 is 0 Å². The maximum atomic E-state index is 8.69. The Bertz CT molecular complexity index is 356. The Balaban J connectivity index is 3.25. The first-order valence-electron chi connectivity index (χ1n) is 4.26. The van der Waals surface area contributed by atoms with Gasteiger partial charge in [-0.15, -0.1) is 0 Å². The molecule has 0 saturated carbocycles. The van der Waals surface area contributed by atoms with Gasteiger partial charge in [0.1, 0.15) is 0 Å². The minimum atomic E-state index is 0.442.